The van der Waals surface area contributed by atoms with Crippen molar-refractivity contribution in [2.24, 2.45) is 0 Å². The third-order valence-corrected chi connectivity index (χ3v) is 4.89. The Bertz CT molecular complexity index is 1240. The van der Waals surface area contributed by atoms with Crippen molar-refractivity contribution >= 4 is 23.2 Å². The maximum absolute atomic E-state index is 13.0. The number of hydrogen-bond donors (Lipinski definition) is 1. The van der Waals surface area contributed by atoms with E-state index in [-0.39, 0.29) is 11.3 Å². The fourth-order valence-electron chi connectivity index (χ4n) is 3.14. The van der Waals surface area contributed by atoms with E-state index < -0.39 is 5.91 Å². The second-order valence-electron chi connectivity index (χ2n) is 6.76. The molecule has 3 aromatic carbocycles. The van der Waals surface area contributed by atoms with Gasteiger partial charge in [0.1, 0.15) is 11.6 Å². The molecule has 6 heteroatoms. The number of nitrogens with one attached hydrogen (secondary N) is 1. The number of anilines is 1. The number of nitrogens with zero attached hydrogens (tertiary/aromatic N) is 3. The normalized spacial score (nSPS) is 10.4. The number of nitriles is 1. The first-order chi connectivity index (χ1) is 14.6. The van der Waals surface area contributed by atoms with E-state index in [9.17, 15) is 10.1 Å². The minimum Gasteiger partial charge on any atom is -0.321 e. The Morgan fingerprint density at radius 2 is 1.67 bits per heavy atom. The van der Waals surface area contributed by atoms with Gasteiger partial charge in [0, 0.05) is 16.3 Å². The van der Waals surface area contributed by atoms with Crippen LogP contribution in [0.2, 0.25) is 5.02 Å². The van der Waals surface area contributed by atoms with Crippen molar-refractivity contribution in [3.8, 4) is 23.0 Å². The van der Waals surface area contributed by atoms with Crippen molar-refractivity contribution in [1.29, 1.82) is 5.26 Å². The predicted octanol–water partition coefficient (Wildman–Crippen LogP) is 5.63. The average molecular weight is 413 g/mol. The Balaban J connectivity index is 1.85. The van der Waals surface area contributed by atoms with Crippen molar-refractivity contribution in [1.82, 2.24) is 9.78 Å². The van der Waals surface area contributed by atoms with E-state index in [2.05, 4.69) is 16.5 Å². The lowest BCUT2D eigenvalue weighted by Crippen LogP contribution is -2.14. The molecule has 1 amide bonds. The van der Waals surface area contributed by atoms with Crippen molar-refractivity contribution in [2.45, 2.75) is 6.92 Å². The highest BCUT2D eigenvalue weighted by Gasteiger charge is 2.25. The van der Waals surface area contributed by atoms with Crippen LogP contribution >= 0.6 is 11.6 Å². The number of aromatic nitrogens is 2. The summed E-state index contributed by atoms with van der Waals surface area (Å²) in [4.78, 5) is 13.0. The van der Waals surface area contributed by atoms with Crippen LogP contribution in [0.5, 0.6) is 0 Å². The molecule has 146 valence electrons. The van der Waals surface area contributed by atoms with Gasteiger partial charge in [-0.2, -0.15) is 10.4 Å². The average Bonchev–Trinajstić information content (AvgIpc) is 3.16. The molecule has 0 saturated heterocycles. The van der Waals surface area contributed by atoms with Crippen molar-refractivity contribution in [3.05, 3.63) is 101 Å². The summed E-state index contributed by atoms with van der Waals surface area (Å²) in [6.45, 7) is 1.97. The smallest absolute Gasteiger partial charge is 0.277 e. The first-order valence-corrected chi connectivity index (χ1v) is 9.67. The predicted molar refractivity (Wildman–Crippen MR) is 118 cm³/mol. The van der Waals surface area contributed by atoms with Gasteiger partial charge < -0.3 is 5.32 Å². The number of rotatable bonds is 4. The van der Waals surface area contributed by atoms with Crippen LogP contribution in [0.25, 0.3) is 16.9 Å². The van der Waals surface area contributed by atoms with E-state index in [1.807, 2.05) is 61.5 Å². The lowest BCUT2D eigenvalue weighted by Gasteiger charge is -2.08. The number of carbonyl (C=O) groups excluding carboxylic acids is 1. The second kappa shape index (κ2) is 8.24. The molecule has 0 atom stereocenters. The summed E-state index contributed by atoms with van der Waals surface area (Å²) in [7, 11) is 0. The van der Waals surface area contributed by atoms with Crippen molar-refractivity contribution in [3.63, 3.8) is 0 Å². The quantitative estimate of drug-likeness (QED) is 0.472. The van der Waals surface area contributed by atoms with Gasteiger partial charge >= 0.3 is 0 Å². The molecule has 0 spiro atoms. The highest BCUT2D eigenvalue weighted by atomic mass is 35.5. The van der Waals surface area contributed by atoms with Crippen molar-refractivity contribution in [2.75, 3.05) is 5.32 Å². The molecule has 0 aliphatic carbocycles. The van der Waals surface area contributed by atoms with Gasteiger partial charge in [0.15, 0.2) is 5.69 Å². The molecule has 0 aliphatic heterocycles. The maximum Gasteiger partial charge on any atom is 0.277 e. The number of hydrogen-bond acceptors (Lipinski definition) is 3. The number of benzene rings is 3. The van der Waals surface area contributed by atoms with Gasteiger partial charge in [-0.25, -0.2) is 4.68 Å². The summed E-state index contributed by atoms with van der Waals surface area (Å²) in [5, 5.41) is 17.8. The molecule has 0 bridgehead atoms. The fourth-order valence-corrected chi connectivity index (χ4v) is 3.27. The Hall–Kier alpha value is -3.88. The van der Waals surface area contributed by atoms with Gasteiger partial charge in [-0.3, -0.25) is 4.79 Å². The minimum atomic E-state index is -0.444. The van der Waals surface area contributed by atoms with Crippen LogP contribution in [0.1, 0.15) is 21.6 Å². The van der Waals surface area contributed by atoms with Gasteiger partial charge in [-0.1, -0.05) is 59.6 Å². The fraction of sp³-hybridized carbons (Fsp3) is 0.0417. The van der Waals surface area contributed by atoms with Crippen LogP contribution in [0.3, 0.4) is 0 Å². The van der Waals surface area contributed by atoms with Crippen LogP contribution in [-0.4, -0.2) is 15.7 Å². The van der Waals surface area contributed by atoms with Gasteiger partial charge in [0.05, 0.1) is 11.4 Å². The van der Waals surface area contributed by atoms with Crippen LogP contribution in [0.15, 0.2) is 78.9 Å². The zero-order valence-corrected chi connectivity index (χ0v) is 16.9. The van der Waals surface area contributed by atoms with Crippen molar-refractivity contribution < 1.29 is 4.79 Å². The first-order valence-electron chi connectivity index (χ1n) is 9.29. The summed E-state index contributed by atoms with van der Waals surface area (Å²) in [5.41, 5.74) is 4.03. The molecule has 4 rings (SSSR count). The SMILES string of the molecule is Cc1ccc(NC(=O)c2nn(-c3ccc(Cl)cc3)c(-c3ccccc3)c2C#N)cc1. The molecular weight excluding hydrogens is 396 g/mol. The van der Waals surface area contributed by atoms with E-state index in [4.69, 9.17) is 11.6 Å². The van der Waals surface area contributed by atoms with E-state index >= 15 is 0 Å². The Labute approximate surface area is 179 Å². The Kier molecular flexibility index (Phi) is 5.34. The number of aryl methyl sites for hydroxylation is 1. The minimum absolute atomic E-state index is 0.0619. The van der Waals surface area contributed by atoms with Crippen LogP contribution in [0.4, 0.5) is 5.69 Å². The van der Waals surface area contributed by atoms with E-state index in [0.717, 1.165) is 11.1 Å². The molecule has 0 unspecified atom stereocenters. The summed E-state index contributed by atoms with van der Waals surface area (Å²) in [6, 6.07) is 26.1. The Morgan fingerprint density at radius 1 is 1.00 bits per heavy atom. The largest absolute Gasteiger partial charge is 0.321 e. The van der Waals surface area contributed by atoms with E-state index in [0.29, 0.717) is 22.1 Å². The highest BCUT2D eigenvalue weighted by molar-refractivity contribution is 6.30. The number of carbonyl (C=O) groups is 1. The lowest BCUT2D eigenvalue weighted by molar-refractivity contribution is 0.102. The van der Waals surface area contributed by atoms with Gasteiger partial charge in [-0.05, 0) is 43.3 Å². The van der Waals surface area contributed by atoms with E-state index in [1.165, 1.54) is 0 Å². The monoisotopic (exact) mass is 412 g/mol. The van der Waals surface area contributed by atoms with Gasteiger partial charge in [0.25, 0.3) is 5.91 Å². The molecule has 4 aromatic rings. The highest BCUT2D eigenvalue weighted by Crippen LogP contribution is 2.29. The molecule has 0 saturated carbocycles. The van der Waals surface area contributed by atoms with Crippen LogP contribution in [-0.2, 0) is 0 Å². The number of halogens is 1. The second-order valence-corrected chi connectivity index (χ2v) is 7.19. The maximum atomic E-state index is 13.0. The molecule has 30 heavy (non-hydrogen) atoms. The standard InChI is InChI=1S/C24H17ClN4O/c1-16-7-11-19(12-8-16)27-24(30)22-21(15-26)23(17-5-3-2-4-6-17)29(28-22)20-13-9-18(25)10-14-20/h2-14H,1H3,(H,27,30). The molecule has 0 fully saturated rings. The van der Waals surface area contributed by atoms with Gasteiger partial charge in [-0.15, -0.1) is 0 Å². The summed E-state index contributed by atoms with van der Waals surface area (Å²) in [6.07, 6.45) is 0. The third kappa shape index (κ3) is 3.82. The van der Waals surface area contributed by atoms with Crippen LogP contribution in [0, 0.1) is 18.3 Å². The molecule has 0 aliphatic rings. The van der Waals surface area contributed by atoms with Crippen LogP contribution < -0.4 is 5.32 Å². The van der Waals surface area contributed by atoms with E-state index in [1.54, 1.807) is 28.9 Å². The summed E-state index contributed by atoms with van der Waals surface area (Å²) in [5.74, 6) is -0.444. The van der Waals surface area contributed by atoms with Gasteiger partial charge in [0.2, 0.25) is 0 Å². The lowest BCUT2D eigenvalue weighted by atomic mass is 10.1. The summed E-state index contributed by atoms with van der Waals surface area (Å²) < 4.78 is 1.61. The molecule has 1 aromatic heterocycles. The molecule has 1 heterocycles. The Morgan fingerprint density at radius 3 is 2.30 bits per heavy atom. The first kappa shape index (κ1) is 19.4. The molecular formula is C24H17ClN4O. The zero-order valence-electron chi connectivity index (χ0n) is 16.1. The number of amides is 1. The topological polar surface area (TPSA) is 70.7 Å². The third-order valence-electron chi connectivity index (χ3n) is 4.64. The molecule has 0 radical (unpaired) electrons. The summed E-state index contributed by atoms with van der Waals surface area (Å²) >= 11 is 6.03. The zero-order chi connectivity index (χ0) is 21.1. The molecule has 1 N–H and O–H groups in total. The molecule has 5 nitrogen and oxygen atoms in total.